The lowest BCUT2D eigenvalue weighted by Gasteiger charge is -2.43. The number of nitriles is 1. The van der Waals surface area contributed by atoms with Crippen LogP contribution in [0.4, 0.5) is 18.4 Å². The number of nitrogens with one attached hydrogen (secondary N) is 2. The highest BCUT2D eigenvalue weighted by Gasteiger charge is 2.45. The van der Waals surface area contributed by atoms with Gasteiger partial charge < -0.3 is 25.0 Å². The lowest BCUT2D eigenvalue weighted by Crippen LogP contribution is -2.59. The maximum atomic E-state index is 14.4. The first-order chi connectivity index (χ1) is 21.7. The number of carbonyl (C=O) groups excluding carboxylic acids is 3. The Bertz CT molecular complexity index is 1500. The van der Waals surface area contributed by atoms with E-state index in [1.54, 1.807) is 0 Å². The Morgan fingerprint density at radius 3 is 2.44 bits per heavy atom. The van der Waals surface area contributed by atoms with Gasteiger partial charge in [-0.1, -0.05) is 36.4 Å². The number of benzene rings is 2. The molecule has 2 aromatic carbocycles. The van der Waals surface area contributed by atoms with Gasteiger partial charge in [0.2, 0.25) is 0 Å². The molecule has 0 aromatic heterocycles. The molecular weight excluding hydrogens is 584 g/mol. The van der Waals surface area contributed by atoms with Gasteiger partial charge >= 0.3 is 18.0 Å². The van der Waals surface area contributed by atoms with Gasteiger partial charge in [0.05, 0.1) is 36.5 Å². The molecule has 1 unspecified atom stereocenters. The molecule has 5 rings (SSSR count). The van der Waals surface area contributed by atoms with Gasteiger partial charge in [-0.3, -0.25) is 0 Å². The van der Waals surface area contributed by atoms with Crippen molar-refractivity contribution >= 4 is 18.0 Å². The summed E-state index contributed by atoms with van der Waals surface area (Å²) in [5, 5.41) is 16.3. The van der Waals surface area contributed by atoms with E-state index < -0.39 is 41.1 Å². The third-order valence-corrected chi connectivity index (χ3v) is 9.04. The predicted octanol–water partition coefficient (Wildman–Crippen LogP) is 4.68. The van der Waals surface area contributed by atoms with Crippen LogP contribution in [-0.2, 0) is 19.7 Å². The zero-order chi connectivity index (χ0) is 32.1. The molecule has 1 saturated heterocycles. The van der Waals surface area contributed by atoms with E-state index in [0.717, 1.165) is 61.8 Å². The number of hydrogen-bond donors (Lipinski definition) is 2. The van der Waals surface area contributed by atoms with Gasteiger partial charge in [0.15, 0.2) is 11.6 Å². The molecule has 2 aliphatic heterocycles. The summed E-state index contributed by atoms with van der Waals surface area (Å²) in [4.78, 5) is 43.0. The zero-order valence-corrected chi connectivity index (χ0v) is 25.4. The monoisotopic (exact) mass is 621 g/mol. The van der Waals surface area contributed by atoms with Crippen LogP contribution < -0.4 is 10.6 Å². The Kier molecular flexibility index (Phi) is 9.80. The number of urea groups is 2. The van der Waals surface area contributed by atoms with Crippen molar-refractivity contribution in [1.29, 1.82) is 5.26 Å². The second-order valence-corrected chi connectivity index (χ2v) is 11.8. The Morgan fingerprint density at radius 2 is 1.80 bits per heavy atom. The van der Waals surface area contributed by atoms with E-state index in [4.69, 9.17) is 9.47 Å². The lowest BCUT2D eigenvalue weighted by atomic mass is 9.69. The normalized spacial score (nSPS) is 25.4. The molecule has 0 spiro atoms. The van der Waals surface area contributed by atoms with E-state index in [2.05, 4.69) is 16.7 Å². The maximum absolute atomic E-state index is 14.4. The Morgan fingerprint density at radius 1 is 1.07 bits per heavy atom. The molecule has 45 heavy (non-hydrogen) atoms. The SMILES string of the molecule is COCC1=C(C(=O)OC)[C@H](c2ccc(F)c(F)c2)N(C(=O)N2CCCC(NC3CCC(C#N)(c4ccccc4)CC3)C2)C(=O)N1. The molecule has 10 nitrogen and oxygen atoms in total. The van der Waals surface area contributed by atoms with E-state index >= 15 is 0 Å². The molecule has 2 N–H and O–H groups in total. The molecule has 4 amide bonds. The predicted molar refractivity (Wildman–Crippen MR) is 160 cm³/mol. The fraction of sp³-hybridized carbons (Fsp3) is 0.455. The van der Waals surface area contributed by atoms with Gasteiger partial charge in [-0.2, -0.15) is 5.26 Å². The number of carbonyl (C=O) groups is 3. The minimum absolute atomic E-state index is 0.0272. The van der Waals surface area contributed by atoms with Gasteiger partial charge in [-0.05, 0) is 61.8 Å². The van der Waals surface area contributed by atoms with Crippen LogP contribution in [0.25, 0.3) is 0 Å². The summed E-state index contributed by atoms with van der Waals surface area (Å²) in [5.74, 6) is -3.15. The highest BCUT2D eigenvalue weighted by atomic mass is 19.2. The molecule has 1 aliphatic carbocycles. The number of rotatable bonds is 7. The number of likely N-dealkylation sites (tertiary alicyclic amines) is 1. The Labute approximate surface area is 260 Å². The zero-order valence-electron chi connectivity index (χ0n) is 25.4. The number of esters is 1. The standard InChI is InChI=1S/C33H37F2N5O5/c1-44-19-27-28(30(41)45-2)29(21-10-11-25(34)26(35)17-21)40(31(42)38-27)32(43)39-16-6-9-24(18-39)37-23-12-14-33(20-36,15-13-23)22-7-4-3-5-8-22/h3-5,7-8,10-11,17,23-24,29,37H,6,9,12-16,18-19H2,1-2H3,(H,38,42)/t23?,24?,29-,33?/m0/s1. The maximum Gasteiger partial charge on any atom is 0.338 e. The van der Waals surface area contributed by atoms with E-state index in [-0.39, 0.29) is 35.5 Å². The average Bonchev–Trinajstić information content (AvgIpc) is 3.06. The Balaban J connectivity index is 1.35. The summed E-state index contributed by atoms with van der Waals surface area (Å²) in [7, 11) is 2.52. The fourth-order valence-corrected chi connectivity index (χ4v) is 6.74. The second-order valence-electron chi connectivity index (χ2n) is 11.8. The first-order valence-corrected chi connectivity index (χ1v) is 15.1. The lowest BCUT2D eigenvalue weighted by molar-refractivity contribution is -0.137. The number of halogens is 2. The molecule has 0 radical (unpaired) electrons. The summed E-state index contributed by atoms with van der Waals surface area (Å²) in [6.07, 6.45) is 4.52. The van der Waals surface area contributed by atoms with E-state index in [0.29, 0.717) is 19.5 Å². The first-order valence-electron chi connectivity index (χ1n) is 15.1. The molecule has 2 fully saturated rings. The highest BCUT2D eigenvalue weighted by Crippen LogP contribution is 2.40. The van der Waals surface area contributed by atoms with Crippen molar-refractivity contribution in [3.05, 3.63) is 82.6 Å². The van der Waals surface area contributed by atoms with Crippen LogP contribution >= 0.6 is 0 Å². The third-order valence-electron chi connectivity index (χ3n) is 9.04. The number of ether oxygens (including phenoxy) is 2. The van der Waals surface area contributed by atoms with Crippen molar-refractivity contribution < 1.29 is 32.6 Å². The number of piperidine rings is 1. The van der Waals surface area contributed by atoms with Crippen LogP contribution in [0.2, 0.25) is 0 Å². The second kappa shape index (κ2) is 13.7. The van der Waals surface area contributed by atoms with Gasteiger partial charge in [-0.15, -0.1) is 0 Å². The van der Waals surface area contributed by atoms with E-state index in [1.807, 2.05) is 30.3 Å². The number of amides is 4. The summed E-state index contributed by atoms with van der Waals surface area (Å²) < 4.78 is 38.5. The topological polar surface area (TPSA) is 124 Å². The van der Waals surface area contributed by atoms with Crippen LogP contribution in [-0.4, -0.2) is 73.8 Å². The van der Waals surface area contributed by atoms with Gasteiger partial charge in [0.25, 0.3) is 0 Å². The molecule has 2 aromatic rings. The summed E-state index contributed by atoms with van der Waals surface area (Å²) in [6, 6.07) is 12.6. The Hall–Kier alpha value is -4.34. The number of hydrogen-bond acceptors (Lipinski definition) is 7. The molecule has 1 saturated carbocycles. The van der Waals surface area contributed by atoms with Crippen LogP contribution in [0.5, 0.6) is 0 Å². The van der Waals surface area contributed by atoms with Crippen molar-refractivity contribution in [1.82, 2.24) is 20.4 Å². The van der Waals surface area contributed by atoms with Crippen molar-refractivity contribution in [3.8, 4) is 6.07 Å². The van der Waals surface area contributed by atoms with Crippen LogP contribution in [0, 0.1) is 23.0 Å². The van der Waals surface area contributed by atoms with Gasteiger partial charge in [-0.25, -0.2) is 28.1 Å². The summed E-state index contributed by atoms with van der Waals surface area (Å²) in [6.45, 7) is 0.477. The van der Waals surface area contributed by atoms with Gasteiger partial charge in [0, 0.05) is 32.3 Å². The summed E-state index contributed by atoms with van der Waals surface area (Å²) in [5.41, 5.74) is 0.486. The number of nitrogens with zero attached hydrogens (tertiary/aromatic N) is 3. The average molecular weight is 622 g/mol. The van der Waals surface area contributed by atoms with Crippen molar-refractivity contribution in [2.24, 2.45) is 0 Å². The molecule has 2 atom stereocenters. The number of imide groups is 1. The molecule has 0 bridgehead atoms. The first kappa shape index (κ1) is 32.1. The smallest absolute Gasteiger partial charge is 0.338 e. The van der Waals surface area contributed by atoms with Crippen molar-refractivity contribution in [2.75, 3.05) is 33.9 Å². The minimum Gasteiger partial charge on any atom is -0.466 e. The third kappa shape index (κ3) is 6.55. The van der Waals surface area contributed by atoms with Crippen molar-refractivity contribution in [2.45, 2.75) is 62.1 Å². The molecule has 3 aliphatic rings. The quantitative estimate of drug-likeness (QED) is 0.430. The molecule has 12 heteroatoms. The minimum atomic E-state index is -1.39. The largest absolute Gasteiger partial charge is 0.466 e. The van der Waals surface area contributed by atoms with Crippen LogP contribution in [0.15, 0.2) is 59.8 Å². The summed E-state index contributed by atoms with van der Waals surface area (Å²) >= 11 is 0. The van der Waals surface area contributed by atoms with Crippen LogP contribution in [0.1, 0.15) is 55.7 Å². The molecule has 2 heterocycles. The van der Waals surface area contributed by atoms with E-state index in [1.165, 1.54) is 18.1 Å². The molecule has 238 valence electrons. The molecular formula is C33H37F2N5O5. The number of methoxy groups -OCH3 is 2. The van der Waals surface area contributed by atoms with Crippen LogP contribution in [0.3, 0.4) is 0 Å². The van der Waals surface area contributed by atoms with Gasteiger partial charge in [0.1, 0.15) is 6.04 Å². The fourth-order valence-electron chi connectivity index (χ4n) is 6.74. The highest BCUT2D eigenvalue weighted by molar-refractivity contribution is 6.01. The van der Waals surface area contributed by atoms with Crippen molar-refractivity contribution in [3.63, 3.8) is 0 Å². The van der Waals surface area contributed by atoms with E-state index in [9.17, 15) is 28.4 Å².